The molecule has 0 spiro atoms. The Kier molecular flexibility index (Phi) is 4.06. The third kappa shape index (κ3) is 2.74. The van der Waals surface area contributed by atoms with Gasteiger partial charge in [0.05, 0.1) is 0 Å². The third-order valence-electron chi connectivity index (χ3n) is 3.45. The highest BCUT2D eigenvalue weighted by molar-refractivity contribution is 7.51. The lowest BCUT2D eigenvalue weighted by Gasteiger charge is -2.35. The second-order valence-electron chi connectivity index (χ2n) is 5.14. The molecule has 2 rings (SSSR count). The summed E-state index contributed by atoms with van der Waals surface area (Å²) in [6.45, 7) is 2.47. The van der Waals surface area contributed by atoms with Crippen molar-refractivity contribution in [2.24, 2.45) is 0 Å². The van der Waals surface area contributed by atoms with Crippen molar-refractivity contribution in [3.8, 4) is 0 Å². The van der Waals surface area contributed by atoms with E-state index < -0.39 is 18.2 Å². The van der Waals surface area contributed by atoms with Crippen LogP contribution in [0.2, 0.25) is 0 Å². The Balaban J connectivity index is 2.02. The molecule has 2 aliphatic rings. The van der Waals surface area contributed by atoms with E-state index in [2.05, 4.69) is 0 Å². The largest absolute Gasteiger partial charge is 0.408 e. The smallest absolute Gasteiger partial charge is 0.289 e. The Morgan fingerprint density at radius 3 is 2.11 bits per heavy atom. The van der Waals surface area contributed by atoms with Gasteiger partial charge < -0.3 is 0 Å². The van der Waals surface area contributed by atoms with Crippen LogP contribution in [0.5, 0.6) is 0 Å². The van der Waals surface area contributed by atoms with Crippen LogP contribution in [0, 0.1) is 10.1 Å². The van der Waals surface area contributed by atoms with Gasteiger partial charge in [-0.05, 0) is 12.8 Å². The summed E-state index contributed by atoms with van der Waals surface area (Å²) in [6, 6.07) is 0. The van der Waals surface area contributed by atoms with Gasteiger partial charge in [-0.1, -0.05) is 12.8 Å². The van der Waals surface area contributed by atoms with Gasteiger partial charge in [-0.2, -0.15) is 0 Å². The van der Waals surface area contributed by atoms with Crippen molar-refractivity contribution in [3.63, 3.8) is 0 Å². The maximum atomic E-state index is 12.5. The summed E-state index contributed by atoms with van der Waals surface area (Å²) in [6.07, 6.45) is 4.15. The number of nitrogens with zero attached hydrogens (tertiary/aromatic N) is 2. The van der Waals surface area contributed by atoms with E-state index >= 15 is 0 Å². The van der Waals surface area contributed by atoms with Gasteiger partial charge in [-0.25, -0.2) is 9.24 Å². The molecule has 104 valence electrons. The Bertz CT molecular complexity index is 355. The summed E-state index contributed by atoms with van der Waals surface area (Å²) in [5, 5.41) is 10.9. The predicted octanol–water partition coefficient (Wildman–Crippen LogP) is 2.05. The lowest BCUT2D eigenvalue weighted by Crippen LogP contribution is -2.48. The predicted molar refractivity (Wildman–Crippen MR) is 65.0 cm³/mol. The van der Waals surface area contributed by atoms with Gasteiger partial charge in [0.2, 0.25) is 0 Å². The SMILES string of the molecule is CC1([N+](=O)[O-])COP(=O)(N2CCCCCC2)OC1. The first kappa shape index (κ1) is 13.9. The average molecular weight is 278 g/mol. The van der Waals surface area contributed by atoms with Crippen molar-refractivity contribution in [2.75, 3.05) is 26.3 Å². The molecule has 2 heterocycles. The number of hydrogen-bond donors (Lipinski definition) is 0. The molecule has 0 amide bonds. The molecule has 0 unspecified atom stereocenters. The van der Waals surface area contributed by atoms with E-state index in [1.807, 2.05) is 0 Å². The zero-order valence-corrected chi connectivity index (χ0v) is 11.4. The van der Waals surface area contributed by atoms with Crippen LogP contribution >= 0.6 is 7.75 Å². The van der Waals surface area contributed by atoms with Gasteiger partial charge in [-0.3, -0.25) is 19.2 Å². The molecular formula is C10H19N2O5P. The van der Waals surface area contributed by atoms with Gasteiger partial charge in [0.15, 0.2) is 0 Å². The molecule has 8 heteroatoms. The van der Waals surface area contributed by atoms with Crippen molar-refractivity contribution < 1.29 is 18.5 Å². The zero-order chi connectivity index (χ0) is 13.2. The van der Waals surface area contributed by atoms with E-state index in [9.17, 15) is 14.7 Å². The minimum absolute atomic E-state index is 0.159. The van der Waals surface area contributed by atoms with Gasteiger partial charge in [0.25, 0.3) is 5.54 Å². The van der Waals surface area contributed by atoms with Crippen LogP contribution in [0.3, 0.4) is 0 Å². The fraction of sp³-hybridized carbons (Fsp3) is 1.00. The van der Waals surface area contributed by atoms with Crippen molar-refractivity contribution in [1.29, 1.82) is 0 Å². The average Bonchev–Trinajstić information content (AvgIpc) is 2.62. The van der Waals surface area contributed by atoms with Crippen molar-refractivity contribution >= 4 is 7.75 Å². The number of nitro groups is 1. The Labute approximate surface area is 106 Å². The van der Waals surface area contributed by atoms with Crippen LogP contribution in [-0.2, 0) is 13.6 Å². The Morgan fingerprint density at radius 2 is 1.67 bits per heavy atom. The lowest BCUT2D eigenvalue weighted by atomic mass is 10.1. The van der Waals surface area contributed by atoms with Crippen molar-refractivity contribution in [3.05, 3.63) is 10.1 Å². The Morgan fingerprint density at radius 1 is 1.17 bits per heavy atom. The molecular weight excluding hydrogens is 259 g/mol. The maximum absolute atomic E-state index is 12.5. The molecule has 0 N–H and O–H groups in total. The molecule has 0 aromatic carbocycles. The molecule has 2 fully saturated rings. The number of rotatable bonds is 2. The summed E-state index contributed by atoms with van der Waals surface area (Å²) in [4.78, 5) is 10.4. The van der Waals surface area contributed by atoms with Gasteiger partial charge in [-0.15, -0.1) is 0 Å². The molecule has 2 saturated heterocycles. The van der Waals surface area contributed by atoms with Gasteiger partial charge in [0.1, 0.15) is 13.2 Å². The molecule has 7 nitrogen and oxygen atoms in total. The summed E-state index contributed by atoms with van der Waals surface area (Å²) in [5.41, 5.74) is -1.29. The van der Waals surface area contributed by atoms with E-state index in [-0.39, 0.29) is 13.2 Å². The number of hydrogen-bond acceptors (Lipinski definition) is 5. The summed E-state index contributed by atoms with van der Waals surface area (Å²) in [5.74, 6) is 0. The first-order chi connectivity index (χ1) is 8.46. The van der Waals surface area contributed by atoms with Crippen LogP contribution in [0.15, 0.2) is 0 Å². The van der Waals surface area contributed by atoms with Crippen LogP contribution in [0.25, 0.3) is 0 Å². The minimum Gasteiger partial charge on any atom is -0.289 e. The van der Waals surface area contributed by atoms with E-state index in [1.165, 1.54) is 6.92 Å². The summed E-state index contributed by atoms with van der Waals surface area (Å²) >= 11 is 0. The van der Waals surface area contributed by atoms with Crippen molar-refractivity contribution in [1.82, 2.24) is 4.67 Å². The molecule has 0 bridgehead atoms. The molecule has 0 aliphatic carbocycles. The highest BCUT2D eigenvalue weighted by Crippen LogP contribution is 2.56. The molecule has 2 aliphatic heterocycles. The quantitative estimate of drug-likeness (QED) is 0.437. The monoisotopic (exact) mass is 278 g/mol. The molecule has 18 heavy (non-hydrogen) atoms. The molecule has 0 aromatic rings. The van der Waals surface area contributed by atoms with E-state index in [0.717, 1.165) is 25.7 Å². The standard InChI is InChI=1S/C10H19N2O5P/c1-10(12(13)14)8-16-18(15,17-9-10)11-6-4-2-3-5-7-11/h2-9H2,1H3. The first-order valence-corrected chi connectivity index (χ1v) is 7.75. The zero-order valence-electron chi connectivity index (χ0n) is 10.5. The second-order valence-corrected chi connectivity index (χ2v) is 7.16. The normalized spacial score (nSPS) is 39.2. The fourth-order valence-electron chi connectivity index (χ4n) is 2.09. The fourth-order valence-corrected chi connectivity index (χ4v) is 4.14. The molecule has 0 saturated carbocycles. The first-order valence-electron chi connectivity index (χ1n) is 6.25. The summed E-state index contributed by atoms with van der Waals surface area (Å²) < 4.78 is 24.7. The highest BCUT2D eigenvalue weighted by atomic mass is 31.2. The van der Waals surface area contributed by atoms with Crippen molar-refractivity contribution in [2.45, 2.75) is 38.1 Å². The maximum Gasteiger partial charge on any atom is 0.408 e. The lowest BCUT2D eigenvalue weighted by molar-refractivity contribution is -0.573. The molecule has 0 atom stereocenters. The third-order valence-corrected chi connectivity index (χ3v) is 5.45. The Hall–Kier alpha value is -0.490. The van der Waals surface area contributed by atoms with Crippen LogP contribution in [0.1, 0.15) is 32.6 Å². The minimum atomic E-state index is -3.31. The van der Waals surface area contributed by atoms with Gasteiger partial charge in [0, 0.05) is 24.9 Å². The van der Waals surface area contributed by atoms with E-state index in [1.54, 1.807) is 4.67 Å². The van der Waals surface area contributed by atoms with E-state index in [0.29, 0.717) is 13.1 Å². The molecule has 0 aromatic heterocycles. The topological polar surface area (TPSA) is 81.9 Å². The highest BCUT2D eigenvalue weighted by Gasteiger charge is 2.50. The van der Waals surface area contributed by atoms with Crippen LogP contribution in [0.4, 0.5) is 0 Å². The second kappa shape index (κ2) is 5.25. The van der Waals surface area contributed by atoms with E-state index in [4.69, 9.17) is 9.05 Å². The van der Waals surface area contributed by atoms with Crippen LogP contribution in [-0.4, -0.2) is 41.4 Å². The van der Waals surface area contributed by atoms with Gasteiger partial charge >= 0.3 is 7.75 Å². The molecule has 0 radical (unpaired) electrons. The summed E-state index contributed by atoms with van der Waals surface area (Å²) in [7, 11) is -3.31. The van der Waals surface area contributed by atoms with Crippen LogP contribution < -0.4 is 0 Å².